The maximum absolute atomic E-state index is 12.8. The van der Waals surface area contributed by atoms with Crippen molar-refractivity contribution in [3.8, 4) is 11.5 Å². The van der Waals surface area contributed by atoms with Crippen molar-refractivity contribution >= 4 is 35.1 Å². The van der Waals surface area contributed by atoms with E-state index in [1.165, 1.54) is 11.1 Å². The van der Waals surface area contributed by atoms with Crippen molar-refractivity contribution in [1.29, 1.82) is 0 Å². The Morgan fingerprint density at radius 2 is 1.80 bits per heavy atom. The van der Waals surface area contributed by atoms with E-state index in [1.807, 2.05) is 13.0 Å². The van der Waals surface area contributed by atoms with Gasteiger partial charge in [-0.3, -0.25) is 4.79 Å². The number of rotatable bonds is 4. The maximum Gasteiger partial charge on any atom is 0.231 e. The van der Waals surface area contributed by atoms with Crippen LogP contribution in [0.1, 0.15) is 38.2 Å². The van der Waals surface area contributed by atoms with Crippen LogP contribution in [0.5, 0.6) is 11.5 Å². The third kappa shape index (κ3) is 3.96. The normalized spacial score (nSPS) is 14.0. The van der Waals surface area contributed by atoms with Crippen molar-refractivity contribution in [3.05, 3.63) is 97.7 Å². The number of fused-ring (bicyclic) bond motifs is 1. The lowest BCUT2D eigenvalue weighted by Gasteiger charge is -2.13. The largest absolute Gasteiger partial charge is 0.488 e. The summed E-state index contributed by atoms with van der Waals surface area (Å²) in [6, 6.07) is 15.0. The molecule has 1 aliphatic rings. The van der Waals surface area contributed by atoms with E-state index in [0.717, 1.165) is 11.1 Å². The first-order valence-electron chi connectivity index (χ1n) is 9.55. The number of hydrogen-bond donors (Lipinski definition) is 0. The number of ketones is 1. The molecule has 0 saturated heterocycles. The van der Waals surface area contributed by atoms with Crippen molar-refractivity contribution in [2.75, 3.05) is 0 Å². The smallest absolute Gasteiger partial charge is 0.231 e. The molecule has 0 N–H and O–H groups in total. The third-order valence-corrected chi connectivity index (χ3v) is 5.74. The number of hydrogen-bond acceptors (Lipinski definition) is 3. The molecule has 0 bridgehead atoms. The lowest BCUT2D eigenvalue weighted by atomic mass is 10.1. The highest BCUT2D eigenvalue weighted by Crippen LogP contribution is 2.40. The van der Waals surface area contributed by atoms with Gasteiger partial charge in [-0.05, 0) is 67.8 Å². The molecule has 0 unspecified atom stereocenters. The van der Waals surface area contributed by atoms with E-state index in [0.29, 0.717) is 39.3 Å². The molecule has 3 aromatic carbocycles. The molecule has 0 aliphatic carbocycles. The molecule has 0 spiro atoms. The number of Topliss-reactive ketones (excluding diaryl/α,β-unsaturated/α-hetero) is 1. The standard InChI is InChI=1S/C25H20Cl2O3/c1-14-4-5-15(2)18(10-14)13-29-22-9-8-20-24(28)23(30-25(20)16(22)3)11-17-6-7-19(26)12-21(17)27/h4-12H,13H2,1-3H3/b23-11-. The van der Waals surface area contributed by atoms with Crippen LogP contribution in [0.15, 0.2) is 54.3 Å². The first-order chi connectivity index (χ1) is 14.3. The van der Waals surface area contributed by atoms with Gasteiger partial charge in [0.1, 0.15) is 18.1 Å². The number of halogens is 2. The van der Waals surface area contributed by atoms with E-state index in [2.05, 4.69) is 32.0 Å². The van der Waals surface area contributed by atoms with Crippen LogP contribution in [0.4, 0.5) is 0 Å². The SMILES string of the molecule is Cc1ccc(C)c(COc2ccc3c(c2C)O/C(=C\c2ccc(Cl)cc2Cl)C3=O)c1. The van der Waals surface area contributed by atoms with E-state index in [-0.39, 0.29) is 11.5 Å². The molecule has 5 heteroatoms. The zero-order chi connectivity index (χ0) is 21.4. The molecule has 0 saturated carbocycles. The van der Waals surface area contributed by atoms with Gasteiger partial charge >= 0.3 is 0 Å². The summed E-state index contributed by atoms with van der Waals surface area (Å²) in [5.41, 5.74) is 5.47. The first-order valence-corrected chi connectivity index (χ1v) is 10.3. The van der Waals surface area contributed by atoms with Crippen molar-refractivity contribution < 1.29 is 14.3 Å². The van der Waals surface area contributed by atoms with E-state index < -0.39 is 0 Å². The molecule has 0 aromatic heterocycles. The Kier molecular flexibility index (Phi) is 5.59. The summed E-state index contributed by atoms with van der Waals surface area (Å²) in [6.45, 7) is 6.46. The van der Waals surface area contributed by atoms with Crippen LogP contribution in [-0.2, 0) is 6.61 Å². The van der Waals surface area contributed by atoms with Gasteiger partial charge in [0, 0.05) is 15.6 Å². The highest BCUT2D eigenvalue weighted by molar-refractivity contribution is 6.35. The summed E-state index contributed by atoms with van der Waals surface area (Å²) >= 11 is 12.2. The number of ether oxygens (including phenoxy) is 2. The second-order valence-corrected chi connectivity index (χ2v) is 8.23. The fourth-order valence-electron chi connectivity index (χ4n) is 3.40. The topological polar surface area (TPSA) is 35.5 Å². The van der Waals surface area contributed by atoms with Crippen LogP contribution < -0.4 is 9.47 Å². The number of benzene rings is 3. The van der Waals surface area contributed by atoms with Crippen LogP contribution in [0, 0.1) is 20.8 Å². The van der Waals surface area contributed by atoms with Gasteiger partial charge in [0.25, 0.3) is 0 Å². The van der Waals surface area contributed by atoms with Crippen molar-refractivity contribution in [2.24, 2.45) is 0 Å². The highest BCUT2D eigenvalue weighted by atomic mass is 35.5. The Balaban J connectivity index is 1.60. The highest BCUT2D eigenvalue weighted by Gasteiger charge is 2.30. The van der Waals surface area contributed by atoms with E-state index in [4.69, 9.17) is 32.7 Å². The zero-order valence-electron chi connectivity index (χ0n) is 16.9. The summed E-state index contributed by atoms with van der Waals surface area (Å²) in [5, 5.41) is 0.988. The molecule has 0 amide bonds. The quantitative estimate of drug-likeness (QED) is 0.406. The third-order valence-electron chi connectivity index (χ3n) is 5.17. The number of carbonyl (C=O) groups is 1. The first kappa shape index (κ1) is 20.5. The van der Waals surface area contributed by atoms with Crippen molar-refractivity contribution in [1.82, 2.24) is 0 Å². The van der Waals surface area contributed by atoms with Gasteiger partial charge in [-0.2, -0.15) is 0 Å². The van der Waals surface area contributed by atoms with Gasteiger partial charge in [-0.15, -0.1) is 0 Å². The van der Waals surface area contributed by atoms with E-state index in [9.17, 15) is 4.79 Å². The molecule has 1 aliphatic heterocycles. The van der Waals surface area contributed by atoms with Crippen LogP contribution in [0.2, 0.25) is 10.0 Å². The molecule has 3 aromatic rings. The lowest BCUT2D eigenvalue weighted by Crippen LogP contribution is -2.00. The monoisotopic (exact) mass is 438 g/mol. The lowest BCUT2D eigenvalue weighted by molar-refractivity contribution is 0.101. The number of carbonyl (C=O) groups excluding carboxylic acids is 1. The average molecular weight is 439 g/mol. The van der Waals surface area contributed by atoms with E-state index >= 15 is 0 Å². The fraction of sp³-hybridized carbons (Fsp3) is 0.160. The Hall–Kier alpha value is -2.75. The molecule has 0 atom stereocenters. The Labute approximate surface area is 185 Å². The predicted octanol–water partition coefficient (Wildman–Crippen LogP) is 7.11. The summed E-state index contributed by atoms with van der Waals surface area (Å²) in [7, 11) is 0. The molecule has 0 radical (unpaired) electrons. The predicted molar refractivity (Wildman–Crippen MR) is 121 cm³/mol. The zero-order valence-corrected chi connectivity index (χ0v) is 18.4. The van der Waals surface area contributed by atoms with Gasteiger partial charge in [-0.25, -0.2) is 0 Å². The minimum atomic E-state index is -0.180. The van der Waals surface area contributed by atoms with Gasteiger partial charge in [0.2, 0.25) is 5.78 Å². The number of allylic oxidation sites excluding steroid dienone is 1. The van der Waals surface area contributed by atoms with Crippen molar-refractivity contribution in [2.45, 2.75) is 27.4 Å². The molecule has 3 nitrogen and oxygen atoms in total. The van der Waals surface area contributed by atoms with Crippen LogP contribution in [-0.4, -0.2) is 5.78 Å². The molecule has 152 valence electrons. The molecular formula is C25H20Cl2O3. The molecular weight excluding hydrogens is 419 g/mol. The minimum absolute atomic E-state index is 0.180. The Morgan fingerprint density at radius 1 is 1.00 bits per heavy atom. The van der Waals surface area contributed by atoms with Crippen molar-refractivity contribution in [3.63, 3.8) is 0 Å². The van der Waals surface area contributed by atoms with Crippen LogP contribution in [0.25, 0.3) is 6.08 Å². The van der Waals surface area contributed by atoms with Gasteiger partial charge in [-0.1, -0.05) is 53.0 Å². The second kappa shape index (κ2) is 8.17. The van der Waals surface area contributed by atoms with Gasteiger partial charge < -0.3 is 9.47 Å². The van der Waals surface area contributed by atoms with E-state index in [1.54, 1.807) is 30.3 Å². The second-order valence-electron chi connectivity index (χ2n) is 7.39. The summed E-state index contributed by atoms with van der Waals surface area (Å²) in [4.78, 5) is 12.8. The molecule has 0 fully saturated rings. The summed E-state index contributed by atoms with van der Waals surface area (Å²) < 4.78 is 12.0. The summed E-state index contributed by atoms with van der Waals surface area (Å²) in [5.74, 6) is 1.26. The number of aryl methyl sites for hydroxylation is 2. The van der Waals surface area contributed by atoms with Crippen LogP contribution in [0.3, 0.4) is 0 Å². The fourth-order valence-corrected chi connectivity index (χ4v) is 3.86. The molecule has 1 heterocycles. The Bertz CT molecular complexity index is 1200. The van der Waals surface area contributed by atoms with Crippen LogP contribution >= 0.6 is 23.2 Å². The average Bonchev–Trinajstić information content (AvgIpc) is 3.02. The Morgan fingerprint density at radius 3 is 2.57 bits per heavy atom. The molecule has 4 rings (SSSR count). The van der Waals surface area contributed by atoms with Gasteiger partial charge in [0.15, 0.2) is 5.76 Å². The molecule has 30 heavy (non-hydrogen) atoms. The minimum Gasteiger partial charge on any atom is -0.488 e. The summed E-state index contributed by atoms with van der Waals surface area (Å²) in [6.07, 6.45) is 1.64. The van der Waals surface area contributed by atoms with Gasteiger partial charge in [0.05, 0.1) is 5.56 Å². The maximum atomic E-state index is 12.8.